The van der Waals surface area contributed by atoms with Crippen LogP contribution in [0.3, 0.4) is 0 Å². The third-order valence-electron chi connectivity index (χ3n) is 5.13. The topological polar surface area (TPSA) is 84.2 Å². The maximum absolute atomic E-state index is 12.8. The van der Waals surface area contributed by atoms with Crippen LogP contribution in [0.15, 0.2) is 82.2 Å². The van der Waals surface area contributed by atoms with Crippen molar-refractivity contribution in [3.8, 4) is 28.7 Å². The molecule has 0 fully saturated rings. The molecule has 0 unspecified atom stereocenters. The van der Waals surface area contributed by atoms with Gasteiger partial charge in [-0.15, -0.1) is 0 Å². The second-order valence-electron chi connectivity index (χ2n) is 7.66. The minimum Gasteiger partial charge on any atom is -0.486 e. The molecule has 0 atom stereocenters. The number of carbonyl (C=O) groups is 1. The van der Waals surface area contributed by atoms with Gasteiger partial charge in [0.25, 0.3) is 0 Å². The summed E-state index contributed by atoms with van der Waals surface area (Å²) in [6.45, 7) is 2.94. The Kier molecular flexibility index (Phi) is 5.74. The van der Waals surface area contributed by atoms with Crippen molar-refractivity contribution in [3.63, 3.8) is 0 Å². The van der Waals surface area contributed by atoms with Crippen LogP contribution in [-0.2, 0) is 4.79 Å². The molecule has 1 aliphatic rings. The Balaban J connectivity index is 1.30. The zero-order chi connectivity index (χ0) is 23.5. The first-order chi connectivity index (χ1) is 16.5. The largest absolute Gasteiger partial charge is 0.486 e. The molecule has 1 aliphatic heterocycles. The third kappa shape index (κ3) is 4.63. The van der Waals surface area contributed by atoms with Crippen LogP contribution >= 0.6 is 0 Å². The maximum atomic E-state index is 12.8. The van der Waals surface area contributed by atoms with Crippen molar-refractivity contribution in [2.75, 3.05) is 13.2 Å². The van der Waals surface area contributed by atoms with E-state index in [2.05, 4.69) is 0 Å². The van der Waals surface area contributed by atoms with Gasteiger partial charge in [0.05, 0.1) is 5.39 Å². The van der Waals surface area contributed by atoms with Gasteiger partial charge in [0.2, 0.25) is 11.2 Å². The van der Waals surface area contributed by atoms with Crippen molar-refractivity contribution < 1.29 is 28.2 Å². The minimum atomic E-state index is -0.573. The van der Waals surface area contributed by atoms with Crippen molar-refractivity contribution in [1.29, 1.82) is 0 Å². The predicted molar refractivity (Wildman–Crippen MR) is 126 cm³/mol. The highest BCUT2D eigenvalue weighted by Crippen LogP contribution is 2.31. The van der Waals surface area contributed by atoms with Gasteiger partial charge in [0.1, 0.15) is 36.6 Å². The molecule has 1 aromatic heterocycles. The van der Waals surface area contributed by atoms with E-state index in [1.54, 1.807) is 24.3 Å². The van der Waals surface area contributed by atoms with Gasteiger partial charge < -0.3 is 23.4 Å². The zero-order valence-corrected chi connectivity index (χ0v) is 18.3. The number of hydrogen-bond donors (Lipinski definition) is 0. The Hall–Kier alpha value is -4.52. The molecular weight excluding hydrogens is 436 g/mol. The van der Waals surface area contributed by atoms with Gasteiger partial charge in [-0.3, -0.25) is 4.79 Å². The summed E-state index contributed by atoms with van der Waals surface area (Å²) in [7, 11) is 0. The Morgan fingerprint density at radius 3 is 2.65 bits per heavy atom. The number of esters is 1. The summed E-state index contributed by atoms with van der Waals surface area (Å²) in [5, 5.41) is 0.316. The number of aryl methyl sites for hydroxylation is 1. The van der Waals surface area contributed by atoms with Crippen molar-refractivity contribution in [1.82, 2.24) is 0 Å². The quantitative estimate of drug-likeness (QED) is 0.229. The fourth-order valence-electron chi connectivity index (χ4n) is 3.51. The molecule has 5 rings (SSSR count). The third-order valence-corrected chi connectivity index (χ3v) is 5.13. The Bertz CT molecular complexity index is 1470. The fourth-order valence-corrected chi connectivity index (χ4v) is 3.51. The first-order valence-corrected chi connectivity index (χ1v) is 10.6. The molecule has 7 heteroatoms. The number of ether oxygens (including phenoxy) is 4. The first kappa shape index (κ1) is 21.3. The molecule has 0 saturated heterocycles. The van der Waals surface area contributed by atoms with E-state index in [0.29, 0.717) is 35.8 Å². The normalized spacial score (nSPS) is 12.6. The monoisotopic (exact) mass is 456 g/mol. The molecule has 0 spiro atoms. The number of hydrogen-bond acceptors (Lipinski definition) is 7. The molecule has 0 N–H and O–H groups in total. The van der Waals surface area contributed by atoms with Gasteiger partial charge in [-0.2, -0.15) is 0 Å². The highest BCUT2D eigenvalue weighted by Gasteiger charge is 2.13. The van der Waals surface area contributed by atoms with E-state index in [1.807, 2.05) is 31.2 Å². The van der Waals surface area contributed by atoms with E-state index in [9.17, 15) is 9.59 Å². The lowest BCUT2D eigenvalue weighted by Crippen LogP contribution is -2.15. The van der Waals surface area contributed by atoms with Crippen LogP contribution in [-0.4, -0.2) is 19.2 Å². The van der Waals surface area contributed by atoms with E-state index in [1.165, 1.54) is 30.5 Å². The number of benzene rings is 3. The molecule has 3 aromatic carbocycles. The van der Waals surface area contributed by atoms with Crippen molar-refractivity contribution >= 4 is 23.0 Å². The second-order valence-corrected chi connectivity index (χ2v) is 7.66. The van der Waals surface area contributed by atoms with Gasteiger partial charge in [0.15, 0.2) is 11.5 Å². The smallest absolute Gasteiger partial charge is 0.336 e. The van der Waals surface area contributed by atoms with Gasteiger partial charge in [-0.05, 0) is 60.5 Å². The summed E-state index contributed by atoms with van der Waals surface area (Å²) in [4.78, 5) is 25.1. The van der Waals surface area contributed by atoms with E-state index in [4.69, 9.17) is 23.4 Å². The molecule has 4 aromatic rings. The SMILES string of the molecule is Cc1cccc(Oc2coc3cc(OC(=O)/C=C/c4ccc5c(c4)OCCO5)ccc3c2=O)c1. The molecule has 0 amide bonds. The Morgan fingerprint density at radius 1 is 0.941 bits per heavy atom. The van der Waals surface area contributed by atoms with E-state index < -0.39 is 5.97 Å². The molecule has 0 radical (unpaired) electrons. The molecule has 170 valence electrons. The number of rotatable bonds is 5. The second kappa shape index (κ2) is 9.15. The minimum absolute atomic E-state index is 0.0743. The van der Waals surface area contributed by atoms with Crippen LogP contribution < -0.4 is 24.4 Å². The lowest BCUT2D eigenvalue weighted by Gasteiger charge is -2.18. The van der Waals surface area contributed by atoms with Crippen LogP contribution in [0.1, 0.15) is 11.1 Å². The highest BCUT2D eigenvalue weighted by molar-refractivity contribution is 5.89. The van der Waals surface area contributed by atoms with Crippen LogP contribution in [0.4, 0.5) is 0 Å². The Morgan fingerprint density at radius 2 is 1.79 bits per heavy atom. The van der Waals surface area contributed by atoms with Crippen LogP contribution in [0.2, 0.25) is 0 Å². The summed E-state index contributed by atoms with van der Waals surface area (Å²) in [5.41, 5.74) is 1.74. The summed E-state index contributed by atoms with van der Waals surface area (Å²) in [6.07, 6.45) is 4.18. The molecule has 0 bridgehead atoms. The predicted octanol–water partition coefficient (Wildman–Crippen LogP) is 5.28. The first-order valence-electron chi connectivity index (χ1n) is 10.6. The van der Waals surface area contributed by atoms with Gasteiger partial charge >= 0.3 is 5.97 Å². The van der Waals surface area contributed by atoms with Gasteiger partial charge in [-0.25, -0.2) is 4.79 Å². The van der Waals surface area contributed by atoms with Crippen LogP contribution in [0.5, 0.6) is 28.7 Å². The van der Waals surface area contributed by atoms with Gasteiger partial charge in [0, 0.05) is 12.1 Å². The molecular formula is C27H20O7. The van der Waals surface area contributed by atoms with E-state index >= 15 is 0 Å². The standard InChI is InChI=1S/C27H20O7/c1-17-3-2-4-19(13-17)33-25-16-32-23-15-20(7-8-21(23)27(25)29)34-26(28)10-6-18-5-9-22-24(14-18)31-12-11-30-22/h2-10,13-16H,11-12H2,1H3/b10-6+. The van der Waals surface area contributed by atoms with Crippen LogP contribution in [0.25, 0.3) is 17.0 Å². The highest BCUT2D eigenvalue weighted by atomic mass is 16.6. The maximum Gasteiger partial charge on any atom is 0.336 e. The lowest BCUT2D eigenvalue weighted by molar-refractivity contribution is -0.128. The zero-order valence-electron chi connectivity index (χ0n) is 18.3. The van der Waals surface area contributed by atoms with E-state index in [0.717, 1.165) is 11.1 Å². The summed E-state index contributed by atoms with van der Waals surface area (Å²) in [6, 6.07) is 17.3. The van der Waals surface area contributed by atoms with Crippen molar-refractivity contribution in [2.45, 2.75) is 6.92 Å². The van der Waals surface area contributed by atoms with E-state index in [-0.39, 0.29) is 22.5 Å². The average molecular weight is 456 g/mol. The van der Waals surface area contributed by atoms with Crippen molar-refractivity contribution in [3.05, 3.63) is 94.4 Å². The summed E-state index contributed by atoms with van der Waals surface area (Å²) < 4.78 is 27.6. The summed E-state index contributed by atoms with van der Waals surface area (Å²) in [5.74, 6) is 1.61. The summed E-state index contributed by atoms with van der Waals surface area (Å²) >= 11 is 0. The van der Waals surface area contributed by atoms with Gasteiger partial charge in [-0.1, -0.05) is 18.2 Å². The molecule has 0 aliphatic carbocycles. The van der Waals surface area contributed by atoms with Crippen LogP contribution in [0, 0.1) is 6.92 Å². The molecule has 0 saturated carbocycles. The molecule has 2 heterocycles. The fraction of sp³-hybridized carbons (Fsp3) is 0.111. The number of carbonyl (C=O) groups excluding carboxylic acids is 1. The molecule has 34 heavy (non-hydrogen) atoms. The number of fused-ring (bicyclic) bond motifs is 2. The van der Waals surface area contributed by atoms with Crippen molar-refractivity contribution in [2.24, 2.45) is 0 Å². The lowest BCUT2D eigenvalue weighted by atomic mass is 10.2. The molecule has 7 nitrogen and oxygen atoms in total. The Labute approximate surface area is 194 Å². The average Bonchev–Trinajstić information content (AvgIpc) is 2.84.